The monoisotopic (exact) mass is 386 g/mol. The molecule has 0 unspecified atom stereocenters. The molecule has 1 aromatic heterocycles. The van der Waals surface area contributed by atoms with Crippen LogP contribution in [0.2, 0.25) is 0 Å². The van der Waals surface area contributed by atoms with E-state index < -0.39 is 21.8 Å². The van der Waals surface area contributed by atoms with E-state index in [9.17, 15) is 21.6 Å². The van der Waals surface area contributed by atoms with Gasteiger partial charge in [-0.05, 0) is 63.1 Å². The molecule has 8 heteroatoms. The molecule has 2 aromatic rings. The smallest absolute Gasteiger partial charge is 0.346 e. The molecule has 1 fully saturated rings. The summed E-state index contributed by atoms with van der Waals surface area (Å²) in [7, 11) is -3.78. The number of sulfonamides is 1. The lowest BCUT2D eigenvalue weighted by Crippen LogP contribution is -2.39. The fourth-order valence-electron chi connectivity index (χ4n) is 3.56. The fraction of sp³-hybridized carbons (Fsp3) is 0.444. The van der Waals surface area contributed by atoms with Crippen LogP contribution < -0.4 is 0 Å². The first kappa shape index (κ1) is 19.0. The van der Waals surface area contributed by atoms with E-state index in [-0.39, 0.29) is 10.9 Å². The van der Waals surface area contributed by atoms with E-state index in [2.05, 4.69) is 4.57 Å². The first-order valence-corrected chi connectivity index (χ1v) is 9.86. The van der Waals surface area contributed by atoms with Crippen LogP contribution in [-0.2, 0) is 16.2 Å². The molecule has 0 radical (unpaired) electrons. The van der Waals surface area contributed by atoms with Gasteiger partial charge < -0.3 is 4.57 Å². The molecule has 1 aliphatic rings. The molecule has 0 N–H and O–H groups in total. The van der Waals surface area contributed by atoms with Gasteiger partial charge in [-0.1, -0.05) is 0 Å². The number of rotatable bonds is 3. The number of aromatic nitrogens is 1. The summed E-state index contributed by atoms with van der Waals surface area (Å²) in [5.74, 6) is 0. The molecule has 142 valence electrons. The largest absolute Gasteiger partial charge is 0.416 e. The summed E-state index contributed by atoms with van der Waals surface area (Å²) in [6.07, 6.45) is -3.13. The number of hydrogen-bond acceptors (Lipinski definition) is 2. The van der Waals surface area contributed by atoms with Crippen molar-refractivity contribution >= 4 is 10.0 Å². The molecule has 1 saturated heterocycles. The molecule has 0 atom stereocenters. The van der Waals surface area contributed by atoms with Gasteiger partial charge in [0.15, 0.2) is 0 Å². The highest BCUT2D eigenvalue weighted by atomic mass is 32.2. The maximum absolute atomic E-state index is 12.7. The van der Waals surface area contributed by atoms with Gasteiger partial charge in [-0.2, -0.15) is 17.5 Å². The topological polar surface area (TPSA) is 42.3 Å². The number of alkyl halides is 3. The average Bonchev–Trinajstić information content (AvgIpc) is 2.93. The van der Waals surface area contributed by atoms with Crippen molar-refractivity contribution in [1.29, 1.82) is 0 Å². The van der Waals surface area contributed by atoms with Gasteiger partial charge in [0.05, 0.1) is 10.5 Å². The minimum absolute atomic E-state index is 0.0997. The van der Waals surface area contributed by atoms with E-state index in [4.69, 9.17) is 0 Å². The van der Waals surface area contributed by atoms with Crippen molar-refractivity contribution in [3.05, 3.63) is 53.3 Å². The van der Waals surface area contributed by atoms with Gasteiger partial charge in [0, 0.05) is 30.5 Å². The summed E-state index contributed by atoms with van der Waals surface area (Å²) in [4.78, 5) is -0.0997. The highest BCUT2D eigenvalue weighted by Crippen LogP contribution is 2.32. The van der Waals surface area contributed by atoms with Crippen molar-refractivity contribution < 1.29 is 21.6 Å². The highest BCUT2D eigenvalue weighted by Gasteiger charge is 2.33. The van der Waals surface area contributed by atoms with Crippen molar-refractivity contribution in [2.45, 2.75) is 43.8 Å². The van der Waals surface area contributed by atoms with E-state index in [1.54, 1.807) is 0 Å². The molecule has 26 heavy (non-hydrogen) atoms. The Kier molecular flexibility index (Phi) is 4.92. The number of hydrogen-bond donors (Lipinski definition) is 0. The first-order valence-electron chi connectivity index (χ1n) is 8.42. The molecule has 0 saturated carbocycles. The van der Waals surface area contributed by atoms with Crippen molar-refractivity contribution in [3.8, 4) is 0 Å². The number of piperidine rings is 1. The molecular formula is C18H21F3N2O2S. The van der Waals surface area contributed by atoms with Gasteiger partial charge in [0.25, 0.3) is 0 Å². The van der Waals surface area contributed by atoms with Gasteiger partial charge in [-0.3, -0.25) is 0 Å². The molecular weight excluding hydrogens is 365 g/mol. The third-order valence-electron chi connectivity index (χ3n) is 4.93. The minimum atomic E-state index is -4.48. The Hall–Kier alpha value is -1.80. The van der Waals surface area contributed by atoms with Crippen LogP contribution in [0.4, 0.5) is 13.2 Å². The first-order chi connectivity index (χ1) is 12.1. The summed E-state index contributed by atoms with van der Waals surface area (Å²) in [5.41, 5.74) is 1.44. The Labute approximate surface area is 151 Å². The third-order valence-corrected chi connectivity index (χ3v) is 6.85. The minimum Gasteiger partial charge on any atom is -0.346 e. The molecule has 1 aliphatic heterocycles. The van der Waals surface area contributed by atoms with Crippen LogP contribution in [-0.4, -0.2) is 30.4 Å². The quantitative estimate of drug-likeness (QED) is 0.795. The van der Waals surface area contributed by atoms with Crippen LogP contribution in [0.25, 0.3) is 0 Å². The molecule has 0 spiro atoms. The standard InChI is InChI=1S/C18H21F3N2O2S/c1-13-3-4-14(2)23(13)16-9-11-22(12-10-16)26(24,25)17-7-5-15(6-8-17)18(19,20)21/h3-8,16H,9-12H2,1-2H3. The predicted molar refractivity (Wildman–Crippen MR) is 92.4 cm³/mol. The maximum Gasteiger partial charge on any atom is 0.416 e. The second-order valence-electron chi connectivity index (χ2n) is 6.64. The van der Waals surface area contributed by atoms with Crippen molar-refractivity contribution in [1.82, 2.24) is 8.87 Å². The van der Waals surface area contributed by atoms with Gasteiger partial charge in [0.2, 0.25) is 10.0 Å². The zero-order valence-corrected chi connectivity index (χ0v) is 15.4. The Bertz CT molecular complexity index is 859. The number of benzene rings is 1. The van der Waals surface area contributed by atoms with Crippen LogP contribution in [0.5, 0.6) is 0 Å². The molecule has 3 rings (SSSR count). The second kappa shape index (κ2) is 6.74. The second-order valence-corrected chi connectivity index (χ2v) is 8.58. The zero-order valence-electron chi connectivity index (χ0n) is 14.6. The van der Waals surface area contributed by atoms with E-state index in [0.29, 0.717) is 25.9 Å². The molecule has 1 aromatic carbocycles. The number of aryl methyl sites for hydroxylation is 2. The van der Waals surface area contributed by atoms with Crippen LogP contribution in [0.3, 0.4) is 0 Å². The molecule has 0 amide bonds. The lowest BCUT2D eigenvalue weighted by atomic mass is 10.1. The van der Waals surface area contributed by atoms with Crippen molar-refractivity contribution in [3.63, 3.8) is 0 Å². The summed E-state index contributed by atoms with van der Waals surface area (Å²) in [6, 6.07) is 8.01. The van der Waals surface area contributed by atoms with Gasteiger partial charge in [-0.25, -0.2) is 8.42 Å². The summed E-state index contributed by atoms with van der Waals surface area (Å²) in [5, 5.41) is 0. The third kappa shape index (κ3) is 3.53. The highest BCUT2D eigenvalue weighted by molar-refractivity contribution is 7.89. The summed E-state index contributed by atoms with van der Waals surface area (Å²) in [6.45, 7) is 4.76. The summed E-state index contributed by atoms with van der Waals surface area (Å²) < 4.78 is 67.0. The number of halogens is 3. The lowest BCUT2D eigenvalue weighted by molar-refractivity contribution is -0.137. The van der Waals surface area contributed by atoms with Crippen LogP contribution in [0, 0.1) is 13.8 Å². The normalized spacial score (nSPS) is 17.6. The molecule has 2 heterocycles. The van der Waals surface area contributed by atoms with E-state index in [0.717, 1.165) is 35.7 Å². The van der Waals surface area contributed by atoms with Crippen LogP contribution in [0.15, 0.2) is 41.3 Å². The van der Waals surface area contributed by atoms with Crippen molar-refractivity contribution in [2.75, 3.05) is 13.1 Å². The van der Waals surface area contributed by atoms with E-state index in [1.807, 2.05) is 26.0 Å². The zero-order chi connectivity index (χ0) is 19.1. The Morgan fingerprint density at radius 2 is 1.42 bits per heavy atom. The fourth-order valence-corrected chi connectivity index (χ4v) is 5.03. The Balaban J connectivity index is 1.74. The molecule has 0 bridgehead atoms. The predicted octanol–water partition coefficient (Wildman–Crippen LogP) is 4.15. The molecule has 0 aliphatic carbocycles. The van der Waals surface area contributed by atoms with E-state index >= 15 is 0 Å². The average molecular weight is 386 g/mol. The van der Waals surface area contributed by atoms with Crippen molar-refractivity contribution in [2.24, 2.45) is 0 Å². The van der Waals surface area contributed by atoms with E-state index in [1.165, 1.54) is 4.31 Å². The lowest BCUT2D eigenvalue weighted by Gasteiger charge is -2.33. The van der Waals surface area contributed by atoms with Gasteiger partial charge in [0.1, 0.15) is 0 Å². The Morgan fingerprint density at radius 3 is 1.88 bits per heavy atom. The summed E-state index contributed by atoms with van der Waals surface area (Å²) >= 11 is 0. The number of nitrogens with zero attached hydrogens (tertiary/aromatic N) is 2. The SMILES string of the molecule is Cc1ccc(C)n1C1CCN(S(=O)(=O)c2ccc(C(F)(F)F)cc2)CC1. The van der Waals surface area contributed by atoms with Crippen LogP contribution >= 0.6 is 0 Å². The molecule has 4 nitrogen and oxygen atoms in total. The van der Waals surface area contributed by atoms with Gasteiger partial charge in [-0.15, -0.1) is 0 Å². The van der Waals surface area contributed by atoms with Gasteiger partial charge >= 0.3 is 6.18 Å². The Morgan fingerprint density at radius 1 is 0.923 bits per heavy atom. The maximum atomic E-state index is 12.7. The van der Waals surface area contributed by atoms with Crippen LogP contribution in [0.1, 0.15) is 35.8 Å².